The van der Waals surface area contributed by atoms with Crippen LogP contribution < -0.4 is 4.90 Å². The van der Waals surface area contributed by atoms with Crippen LogP contribution in [0, 0.1) is 6.07 Å². The Balaban J connectivity index is 0.00000469. The van der Waals surface area contributed by atoms with Gasteiger partial charge in [0.1, 0.15) is 11.6 Å². The summed E-state index contributed by atoms with van der Waals surface area (Å²) in [5.41, 5.74) is 13.6. The molecule has 0 bridgehead atoms. The molecule has 2 aromatic heterocycles. The number of aromatic nitrogens is 2. The number of phenols is 1. The number of hydrogen-bond donors (Lipinski definition) is 1. The molecule has 9 aromatic rings. The van der Waals surface area contributed by atoms with Crippen LogP contribution in [0.3, 0.4) is 0 Å². The van der Waals surface area contributed by atoms with Gasteiger partial charge in [-0.2, -0.15) is 0 Å². The largest absolute Gasteiger partial charge is 0.507 e. The summed E-state index contributed by atoms with van der Waals surface area (Å²) >= 11 is 0. The van der Waals surface area contributed by atoms with Crippen molar-refractivity contribution >= 4 is 17.2 Å². The molecule has 9 rings (SSSR count). The molecule has 0 aliphatic carbocycles. The van der Waals surface area contributed by atoms with E-state index in [0.717, 1.165) is 68.3 Å². The minimum absolute atomic E-state index is 0. The van der Waals surface area contributed by atoms with Crippen molar-refractivity contribution in [2.24, 2.45) is 0 Å². The van der Waals surface area contributed by atoms with Gasteiger partial charge in [0, 0.05) is 38.5 Å². The molecule has 0 saturated carbocycles. The van der Waals surface area contributed by atoms with E-state index >= 15 is 0 Å². The van der Waals surface area contributed by atoms with E-state index < -0.39 is 0 Å². The van der Waals surface area contributed by atoms with Gasteiger partial charge < -0.3 is 10.0 Å². The summed E-state index contributed by atoms with van der Waals surface area (Å²) in [7, 11) is 0. The number of aromatic hydroxyl groups is 1. The summed E-state index contributed by atoms with van der Waals surface area (Å²) in [6, 6.07) is 74.2. The monoisotopic (exact) mass is 927 g/mol. The maximum atomic E-state index is 11.0. The third kappa shape index (κ3) is 8.44. The predicted molar refractivity (Wildman–Crippen MR) is 234 cm³/mol. The van der Waals surface area contributed by atoms with E-state index in [9.17, 15) is 5.11 Å². The molecule has 58 heavy (non-hydrogen) atoms. The second-order valence-corrected chi connectivity index (χ2v) is 14.0. The number of benzene rings is 7. The van der Waals surface area contributed by atoms with Gasteiger partial charge in [-0.05, 0) is 99.2 Å². The molecule has 1 N–H and O–H groups in total. The average Bonchev–Trinajstić information content (AvgIpc) is 3.28. The molecular weight excluding hydrogens is 890 g/mol. The standard InChI is InChI=1S/C53H38N3O.Pt/c57-52-21-11-10-20-49(52)51-37-45(41-18-8-3-9-19-41)36-50(55-51)46-33-44(43-25-23-39(24-26-43)32-38-14-4-1-5-15-38)34-48(35-46)56(53-22-12-13-31-54-53)47-29-27-42(28-30-47)40-16-6-2-7-17-40;/h1-31,33-34,36-37,57H,32H2;/q-1;. The van der Waals surface area contributed by atoms with Gasteiger partial charge >= 0.3 is 0 Å². The number of phenolic OH excluding ortho intramolecular Hbond substituents is 1. The smallest absolute Gasteiger partial charge is 0.136 e. The average molecular weight is 928 g/mol. The second kappa shape index (κ2) is 17.5. The minimum atomic E-state index is 0. The molecule has 0 amide bonds. The van der Waals surface area contributed by atoms with Crippen LogP contribution >= 0.6 is 0 Å². The molecule has 7 aromatic carbocycles. The van der Waals surface area contributed by atoms with Gasteiger partial charge in [-0.3, -0.25) is 4.98 Å². The fraction of sp³-hybridized carbons (Fsp3) is 0.0189. The molecular formula is C53H38N3OPt-. The summed E-state index contributed by atoms with van der Waals surface area (Å²) in [5.74, 6) is 0.943. The van der Waals surface area contributed by atoms with Crippen molar-refractivity contribution in [2.75, 3.05) is 4.90 Å². The summed E-state index contributed by atoms with van der Waals surface area (Å²) in [5, 5.41) is 11.0. The fourth-order valence-corrected chi connectivity index (χ4v) is 7.23. The summed E-state index contributed by atoms with van der Waals surface area (Å²) in [6.07, 6.45) is 2.68. The zero-order valence-corrected chi connectivity index (χ0v) is 33.8. The molecule has 5 heteroatoms. The van der Waals surface area contributed by atoms with Gasteiger partial charge in [0.05, 0.1) is 5.69 Å². The maximum Gasteiger partial charge on any atom is 0.136 e. The molecule has 0 fully saturated rings. The topological polar surface area (TPSA) is 49.2 Å². The molecule has 282 valence electrons. The molecule has 0 atom stereocenters. The molecule has 0 radical (unpaired) electrons. The van der Waals surface area contributed by atoms with Crippen LogP contribution in [0.4, 0.5) is 17.2 Å². The van der Waals surface area contributed by atoms with E-state index in [2.05, 4.69) is 144 Å². The van der Waals surface area contributed by atoms with Gasteiger partial charge in [-0.15, -0.1) is 23.8 Å². The number of para-hydroxylation sites is 1. The normalized spacial score (nSPS) is 10.8. The van der Waals surface area contributed by atoms with E-state index in [1.165, 1.54) is 11.1 Å². The zero-order valence-electron chi connectivity index (χ0n) is 31.5. The molecule has 0 saturated heterocycles. The SMILES string of the molecule is Oc1ccccc1-c1cc(-c2ccccc2)cc(-c2[c-]c(N(c3ccc(-c4ccccc4)cc3)c3ccccn3)cc(-c3ccc(Cc4ccccc4)cc3)c2)n1.[Pt]. The van der Waals surface area contributed by atoms with Crippen LogP contribution in [-0.2, 0) is 27.5 Å². The van der Waals surface area contributed by atoms with Crippen molar-refractivity contribution in [3.63, 3.8) is 0 Å². The Hall–Kier alpha value is -6.87. The zero-order chi connectivity index (χ0) is 38.4. The van der Waals surface area contributed by atoms with Crippen LogP contribution in [-0.4, -0.2) is 15.1 Å². The number of rotatable bonds is 10. The van der Waals surface area contributed by atoms with E-state index in [-0.39, 0.29) is 26.8 Å². The fourth-order valence-electron chi connectivity index (χ4n) is 7.23. The Labute approximate surface area is 354 Å². The van der Waals surface area contributed by atoms with Gasteiger partial charge in [0.2, 0.25) is 0 Å². The Bertz CT molecular complexity index is 2740. The van der Waals surface area contributed by atoms with E-state index in [1.54, 1.807) is 6.07 Å². The van der Waals surface area contributed by atoms with Crippen molar-refractivity contribution in [1.29, 1.82) is 0 Å². The summed E-state index contributed by atoms with van der Waals surface area (Å²) < 4.78 is 0. The van der Waals surface area contributed by atoms with E-state index in [1.807, 2.05) is 72.9 Å². The van der Waals surface area contributed by atoms with E-state index in [4.69, 9.17) is 9.97 Å². The third-order valence-corrected chi connectivity index (χ3v) is 10.1. The molecule has 0 aliphatic rings. The van der Waals surface area contributed by atoms with Gasteiger partial charge in [-0.1, -0.05) is 157 Å². The van der Waals surface area contributed by atoms with Crippen molar-refractivity contribution in [3.8, 4) is 61.6 Å². The number of nitrogens with zero attached hydrogens (tertiary/aromatic N) is 3. The molecule has 0 aliphatic heterocycles. The van der Waals surface area contributed by atoms with Crippen molar-refractivity contribution in [1.82, 2.24) is 9.97 Å². The van der Waals surface area contributed by atoms with Gasteiger partial charge in [0.25, 0.3) is 0 Å². The number of pyridine rings is 2. The third-order valence-electron chi connectivity index (χ3n) is 10.1. The van der Waals surface area contributed by atoms with Gasteiger partial charge in [-0.25, -0.2) is 4.98 Å². The van der Waals surface area contributed by atoms with Crippen molar-refractivity contribution < 1.29 is 26.2 Å². The predicted octanol–water partition coefficient (Wildman–Crippen LogP) is 13.4. The number of hydrogen-bond acceptors (Lipinski definition) is 4. The minimum Gasteiger partial charge on any atom is -0.507 e. The van der Waals surface area contributed by atoms with Crippen LogP contribution in [0.1, 0.15) is 11.1 Å². The molecule has 4 nitrogen and oxygen atoms in total. The Morgan fingerprint density at radius 1 is 0.466 bits per heavy atom. The summed E-state index contributed by atoms with van der Waals surface area (Å²) in [6.45, 7) is 0. The first-order valence-corrected chi connectivity index (χ1v) is 19.1. The Morgan fingerprint density at radius 3 is 1.67 bits per heavy atom. The first-order chi connectivity index (χ1) is 28.1. The molecule has 0 unspecified atom stereocenters. The van der Waals surface area contributed by atoms with Crippen LogP contribution in [0.2, 0.25) is 0 Å². The summed E-state index contributed by atoms with van der Waals surface area (Å²) in [4.78, 5) is 12.2. The van der Waals surface area contributed by atoms with Gasteiger partial charge in [0.15, 0.2) is 0 Å². The van der Waals surface area contributed by atoms with Crippen LogP contribution in [0.25, 0.3) is 55.9 Å². The van der Waals surface area contributed by atoms with Crippen molar-refractivity contribution in [2.45, 2.75) is 6.42 Å². The van der Waals surface area contributed by atoms with Crippen molar-refractivity contribution in [3.05, 3.63) is 230 Å². The molecule has 2 heterocycles. The first-order valence-electron chi connectivity index (χ1n) is 19.1. The first kappa shape index (κ1) is 38.0. The molecule has 0 spiro atoms. The quantitative estimate of drug-likeness (QED) is 0.139. The van der Waals surface area contributed by atoms with Crippen LogP contribution in [0.15, 0.2) is 212 Å². The maximum absolute atomic E-state index is 11.0. The Kier molecular flexibility index (Phi) is 11.5. The Morgan fingerprint density at radius 2 is 1.00 bits per heavy atom. The number of anilines is 3. The van der Waals surface area contributed by atoms with E-state index in [0.29, 0.717) is 11.3 Å². The van der Waals surface area contributed by atoms with Crippen LogP contribution in [0.5, 0.6) is 5.75 Å². The second-order valence-electron chi connectivity index (χ2n) is 14.0.